The molecule has 0 aliphatic carbocycles. The molecule has 0 aliphatic rings. The van der Waals surface area contributed by atoms with E-state index in [0.717, 1.165) is 21.4 Å². The summed E-state index contributed by atoms with van der Waals surface area (Å²) in [7, 11) is 0. The van der Waals surface area contributed by atoms with Crippen LogP contribution in [-0.2, 0) is 11.3 Å². The van der Waals surface area contributed by atoms with Crippen LogP contribution in [0.5, 0.6) is 0 Å². The van der Waals surface area contributed by atoms with Gasteiger partial charge in [-0.1, -0.05) is 23.7 Å². The van der Waals surface area contributed by atoms with Crippen LogP contribution in [0.3, 0.4) is 0 Å². The minimum atomic E-state index is -0.418. The van der Waals surface area contributed by atoms with Crippen LogP contribution in [0.15, 0.2) is 47.3 Å². The van der Waals surface area contributed by atoms with E-state index in [1.54, 1.807) is 28.0 Å². The van der Waals surface area contributed by atoms with Crippen molar-refractivity contribution in [2.45, 2.75) is 26.4 Å². The zero-order valence-electron chi connectivity index (χ0n) is 13.8. The van der Waals surface area contributed by atoms with Gasteiger partial charge in [0, 0.05) is 18.1 Å². The molecule has 2 aromatic heterocycles. The smallest absolute Gasteiger partial charge is 0.248 e. The molecule has 0 bridgehead atoms. The lowest BCUT2D eigenvalue weighted by Gasteiger charge is -2.13. The third-order valence-electron chi connectivity index (χ3n) is 3.77. The van der Waals surface area contributed by atoms with Crippen molar-refractivity contribution >= 4 is 39.1 Å². The van der Waals surface area contributed by atoms with E-state index in [1.165, 1.54) is 0 Å². The Morgan fingerprint density at radius 2 is 2.20 bits per heavy atom. The van der Waals surface area contributed by atoms with Crippen LogP contribution in [0.2, 0.25) is 5.02 Å². The Morgan fingerprint density at radius 1 is 1.40 bits per heavy atom. The molecule has 1 atom stereocenters. The molecule has 1 aromatic carbocycles. The maximum atomic E-state index is 12.5. The quantitative estimate of drug-likeness (QED) is 0.674. The van der Waals surface area contributed by atoms with Gasteiger partial charge in [0.15, 0.2) is 0 Å². The molecule has 130 valence electrons. The molecule has 3 aromatic rings. The number of halogens is 2. The average Bonchev–Trinajstić information content (AvgIpc) is 3.12. The zero-order valence-corrected chi connectivity index (χ0v) is 16.1. The standard InChI is InChI=1S/C17H17BrClN5O/c1-11-16(18)10-24(22-11)12(2)17(25)21-15-5-3-4-13(6-15)8-23-9-14(19)7-20-23/h3-7,9-10,12H,8H2,1-2H3,(H,21,25). The molecule has 1 amide bonds. The monoisotopic (exact) mass is 421 g/mol. The molecule has 1 unspecified atom stereocenters. The van der Waals surface area contributed by atoms with Crippen LogP contribution in [0.4, 0.5) is 5.69 Å². The van der Waals surface area contributed by atoms with E-state index in [9.17, 15) is 4.79 Å². The number of aryl methyl sites for hydroxylation is 1. The van der Waals surface area contributed by atoms with Gasteiger partial charge >= 0.3 is 0 Å². The highest BCUT2D eigenvalue weighted by molar-refractivity contribution is 9.10. The van der Waals surface area contributed by atoms with E-state index in [-0.39, 0.29) is 5.91 Å². The lowest BCUT2D eigenvalue weighted by atomic mass is 10.2. The molecule has 0 saturated carbocycles. The number of carbonyl (C=O) groups excluding carboxylic acids is 1. The summed E-state index contributed by atoms with van der Waals surface area (Å²) >= 11 is 9.29. The van der Waals surface area contributed by atoms with Crippen LogP contribution >= 0.6 is 27.5 Å². The van der Waals surface area contributed by atoms with Gasteiger partial charge in [0.05, 0.1) is 27.9 Å². The number of aromatic nitrogens is 4. The maximum Gasteiger partial charge on any atom is 0.248 e. The van der Waals surface area contributed by atoms with Gasteiger partial charge in [-0.3, -0.25) is 14.2 Å². The van der Waals surface area contributed by atoms with Crippen molar-refractivity contribution in [3.8, 4) is 0 Å². The summed E-state index contributed by atoms with van der Waals surface area (Å²) in [4.78, 5) is 12.5. The highest BCUT2D eigenvalue weighted by Crippen LogP contribution is 2.19. The molecule has 0 saturated heterocycles. The Labute approximate surface area is 158 Å². The van der Waals surface area contributed by atoms with Gasteiger partial charge in [0.2, 0.25) is 5.91 Å². The number of nitrogens with zero attached hydrogens (tertiary/aromatic N) is 4. The third kappa shape index (κ3) is 4.29. The van der Waals surface area contributed by atoms with Gasteiger partial charge in [0.25, 0.3) is 0 Å². The molecular weight excluding hydrogens is 406 g/mol. The van der Waals surface area contributed by atoms with Crippen molar-refractivity contribution in [2.75, 3.05) is 5.32 Å². The van der Waals surface area contributed by atoms with Crippen molar-refractivity contribution in [3.63, 3.8) is 0 Å². The Bertz CT molecular complexity index is 885. The first-order valence-corrected chi connectivity index (χ1v) is 8.88. The molecule has 8 heteroatoms. The molecular formula is C17H17BrClN5O. The fraction of sp³-hybridized carbons (Fsp3) is 0.235. The first-order chi connectivity index (χ1) is 11.9. The summed E-state index contributed by atoms with van der Waals surface area (Å²) in [5, 5.41) is 12.0. The lowest BCUT2D eigenvalue weighted by Crippen LogP contribution is -2.24. The summed E-state index contributed by atoms with van der Waals surface area (Å²) in [5.74, 6) is -0.130. The van der Waals surface area contributed by atoms with Crippen molar-refractivity contribution in [1.82, 2.24) is 19.6 Å². The van der Waals surface area contributed by atoms with Crippen LogP contribution < -0.4 is 5.32 Å². The lowest BCUT2D eigenvalue weighted by molar-refractivity contribution is -0.119. The van der Waals surface area contributed by atoms with Crippen molar-refractivity contribution in [3.05, 3.63) is 63.6 Å². The second-order valence-corrected chi connectivity index (χ2v) is 7.05. The van der Waals surface area contributed by atoms with Crippen LogP contribution in [-0.4, -0.2) is 25.5 Å². The highest BCUT2D eigenvalue weighted by Gasteiger charge is 2.17. The summed E-state index contributed by atoms with van der Waals surface area (Å²) < 4.78 is 4.27. The molecule has 0 aliphatic heterocycles. The number of amides is 1. The fourth-order valence-electron chi connectivity index (χ4n) is 2.38. The molecule has 2 heterocycles. The van der Waals surface area contributed by atoms with Crippen molar-refractivity contribution < 1.29 is 4.79 Å². The van der Waals surface area contributed by atoms with Gasteiger partial charge in [-0.25, -0.2) is 0 Å². The molecule has 1 N–H and O–H groups in total. The predicted octanol–water partition coefficient (Wildman–Crippen LogP) is 4.05. The predicted molar refractivity (Wildman–Crippen MR) is 101 cm³/mol. The van der Waals surface area contributed by atoms with E-state index in [0.29, 0.717) is 11.6 Å². The minimum absolute atomic E-state index is 0.130. The zero-order chi connectivity index (χ0) is 18.0. The van der Waals surface area contributed by atoms with Gasteiger partial charge in [-0.15, -0.1) is 0 Å². The van der Waals surface area contributed by atoms with Crippen LogP contribution in [0.25, 0.3) is 0 Å². The third-order valence-corrected chi connectivity index (χ3v) is 4.75. The number of nitrogens with one attached hydrogen (secondary N) is 1. The maximum absolute atomic E-state index is 12.5. The number of hydrogen-bond donors (Lipinski definition) is 1. The average molecular weight is 423 g/mol. The Morgan fingerprint density at radius 3 is 2.84 bits per heavy atom. The second-order valence-electron chi connectivity index (χ2n) is 5.76. The van der Waals surface area contributed by atoms with Gasteiger partial charge in [0.1, 0.15) is 6.04 Å². The van der Waals surface area contributed by atoms with Gasteiger partial charge < -0.3 is 5.32 Å². The van der Waals surface area contributed by atoms with E-state index >= 15 is 0 Å². The number of benzene rings is 1. The topological polar surface area (TPSA) is 64.7 Å². The second kappa shape index (κ2) is 7.41. The SMILES string of the molecule is Cc1nn(C(C)C(=O)Nc2cccc(Cn3cc(Cl)cn3)c2)cc1Br. The first-order valence-electron chi connectivity index (χ1n) is 7.71. The fourth-order valence-corrected chi connectivity index (χ4v) is 2.83. The van der Waals surface area contributed by atoms with Crippen molar-refractivity contribution in [1.29, 1.82) is 0 Å². The number of anilines is 1. The first kappa shape index (κ1) is 17.7. The Kier molecular flexibility index (Phi) is 5.24. The molecule has 25 heavy (non-hydrogen) atoms. The van der Waals surface area contributed by atoms with Crippen LogP contribution in [0, 0.1) is 6.92 Å². The van der Waals surface area contributed by atoms with E-state index in [2.05, 4.69) is 31.4 Å². The van der Waals surface area contributed by atoms with E-state index in [4.69, 9.17) is 11.6 Å². The highest BCUT2D eigenvalue weighted by atomic mass is 79.9. The van der Waals surface area contributed by atoms with E-state index < -0.39 is 6.04 Å². The van der Waals surface area contributed by atoms with E-state index in [1.807, 2.05) is 38.1 Å². The molecule has 6 nitrogen and oxygen atoms in total. The molecule has 0 radical (unpaired) electrons. The van der Waals surface area contributed by atoms with Crippen molar-refractivity contribution in [2.24, 2.45) is 0 Å². The summed E-state index contributed by atoms with van der Waals surface area (Å²) in [6.07, 6.45) is 5.16. The molecule has 0 spiro atoms. The number of rotatable bonds is 5. The summed E-state index contributed by atoms with van der Waals surface area (Å²) in [5.41, 5.74) is 2.60. The molecule has 3 rings (SSSR count). The number of hydrogen-bond acceptors (Lipinski definition) is 3. The van der Waals surface area contributed by atoms with Gasteiger partial charge in [-0.2, -0.15) is 10.2 Å². The van der Waals surface area contributed by atoms with Crippen LogP contribution in [0.1, 0.15) is 24.2 Å². The minimum Gasteiger partial charge on any atom is -0.324 e. The largest absolute Gasteiger partial charge is 0.324 e. The molecule has 0 fully saturated rings. The normalized spacial score (nSPS) is 12.2. The Balaban J connectivity index is 1.69. The number of carbonyl (C=O) groups is 1. The summed E-state index contributed by atoms with van der Waals surface area (Å²) in [6, 6.07) is 7.23. The Hall–Kier alpha value is -2.12. The van der Waals surface area contributed by atoms with Gasteiger partial charge in [-0.05, 0) is 47.5 Å². The summed E-state index contributed by atoms with van der Waals surface area (Å²) in [6.45, 7) is 4.28.